The van der Waals surface area contributed by atoms with Crippen LogP contribution in [0.25, 0.3) is 0 Å². The highest BCUT2D eigenvalue weighted by atomic mass is 19.4. The first-order chi connectivity index (χ1) is 12.6. The Kier molecular flexibility index (Phi) is 6.46. The average Bonchev–Trinajstić information content (AvgIpc) is 2.97. The molecule has 1 fully saturated rings. The van der Waals surface area contributed by atoms with Gasteiger partial charge in [0.25, 0.3) is 0 Å². The molecule has 0 saturated heterocycles. The fourth-order valence-corrected chi connectivity index (χ4v) is 3.24. The Hall–Kier alpha value is -2.57. The summed E-state index contributed by atoms with van der Waals surface area (Å²) in [4.78, 5) is 25.7. The molecule has 1 aromatic heterocycles. The number of carbonyl (C=O) groups is 2. The van der Waals surface area contributed by atoms with Crippen LogP contribution < -0.4 is 5.32 Å². The van der Waals surface area contributed by atoms with Crippen molar-refractivity contribution in [2.24, 2.45) is 5.92 Å². The predicted octanol–water partition coefficient (Wildman–Crippen LogP) is 2.62. The van der Waals surface area contributed by atoms with Crippen LogP contribution in [0.5, 0.6) is 0 Å². The number of nitrogens with zero attached hydrogens (tertiary/aromatic N) is 4. The van der Waals surface area contributed by atoms with Crippen LogP contribution in [0.1, 0.15) is 37.8 Å². The number of hydrogen-bond acceptors (Lipinski definition) is 4. The molecule has 0 bridgehead atoms. The number of nitrogens with one attached hydrogen (secondary N) is 1. The molecule has 2 rings (SSSR count). The molecule has 0 spiro atoms. The van der Waals surface area contributed by atoms with Crippen molar-refractivity contribution < 1.29 is 22.8 Å². The molecule has 148 valence electrons. The molecule has 2 amide bonds. The van der Waals surface area contributed by atoms with Gasteiger partial charge in [-0.1, -0.05) is 0 Å². The summed E-state index contributed by atoms with van der Waals surface area (Å²) in [6.07, 6.45) is -3.62. The lowest BCUT2D eigenvalue weighted by Gasteiger charge is -2.34. The van der Waals surface area contributed by atoms with E-state index in [4.69, 9.17) is 5.26 Å². The summed E-state index contributed by atoms with van der Waals surface area (Å²) in [7, 11) is 1.43. The Bertz CT molecular complexity index is 730. The van der Waals surface area contributed by atoms with Crippen LogP contribution in [0, 0.1) is 24.2 Å². The zero-order valence-electron chi connectivity index (χ0n) is 15.2. The number of alkyl halides is 3. The minimum Gasteiger partial charge on any atom is -0.335 e. The lowest BCUT2D eigenvalue weighted by molar-refractivity contribution is -0.184. The van der Waals surface area contributed by atoms with Gasteiger partial charge < -0.3 is 10.2 Å². The molecule has 1 aliphatic carbocycles. The number of nitriles is 1. The Morgan fingerprint density at radius 2 is 2.00 bits per heavy atom. The molecule has 1 N–H and O–H groups in total. The molecule has 1 saturated carbocycles. The molecule has 0 unspecified atom stereocenters. The molecule has 7 nitrogen and oxygen atoms in total. The van der Waals surface area contributed by atoms with Gasteiger partial charge in [-0.2, -0.15) is 23.5 Å². The summed E-state index contributed by atoms with van der Waals surface area (Å²) in [5.74, 6) is -2.85. The third-order valence-corrected chi connectivity index (χ3v) is 4.88. The SMILES string of the molecule is Cc1cc(NC(=O)C(=O)N(C)C2CCC(C(F)(F)F)CC2)nn1CCC#N. The van der Waals surface area contributed by atoms with E-state index < -0.39 is 30.0 Å². The molecule has 10 heteroatoms. The summed E-state index contributed by atoms with van der Waals surface area (Å²) in [6, 6.07) is 3.18. The zero-order valence-corrected chi connectivity index (χ0v) is 15.2. The van der Waals surface area contributed by atoms with Crippen LogP contribution in [0.15, 0.2) is 6.07 Å². The molecule has 1 aliphatic rings. The van der Waals surface area contributed by atoms with Crippen LogP contribution >= 0.6 is 0 Å². The van der Waals surface area contributed by atoms with Crippen LogP contribution in [0.3, 0.4) is 0 Å². The van der Waals surface area contributed by atoms with Gasteiger partial charge in [-0.3, -0.25) is 14.3 Å². The molecule has 1 heterocycles. The van der Waals surface area contributed by atoms with Crippen LogP contribution in [0.2, 0.25) is 0 Å². The third kappa shape index (κ3) is 5.21. The standard InChI is InChI=1S/C17H22F3N5O2/c1-11-10-14(23-25(11)9-3-8-21)22-15(26)16(27)24(2)13-6-4-12(5-7-13)17(18,19)20/h10,12-13H,3-7,9H2,1-2H3,(H,22,23,26). The molecule has 0 aliphatic heterocycles. The number of halogens is 3. The minimum absolute atomic E-state index is 0.0457. The molecule has 0 atom stereocenters. The Morgan fingerprint density at radius 3 is 2.56 bits per heavy atom. The summed E-state index contributed by atoms with van der Waals surface area (Å²) in [5.41, 5.74) is 0.729. The number of aromatic nitrogens is 2. The van der Waals surface area contributed by atoms with Crippen molar-refractivity contribution in [1.82, 2.24) is 14.7 Å². The van der Waals surface area contributed by atoms with Gasteiger partial charge >= 0.3 is 18.0 Å². The van der Waals surface area contributed by atoms with Gasteiger partial charge in [0.05, 0.1) is 25.0 Å². The normalized spacial score (nSPS) is 20.0. The Morgan fingerprint density at radius 1 is 1.37 bits per heavy atom. The second-order valence-electron chi connectivity index (χ2n) is 6.72. The maximum absolute atomic E-state index is 12.7. The Balaban J connectivity index is 1.91. The van der Waals surface area contributed by atoms with Crippen molar-refractivity contribution in [3.05, 3.63) is 11.8 Å². The Labute approximate surface area is 155 Å². The van der Waals surface area contributed by atoms with Gasteiger partial charge in [-0.25, -0.2) is 0 Å². The highest BCUT2D eigenvalue weighted by Gasteiger charge is 2.42. The average molecular weight is 385 g/mol. The van der Waals surface area contributed by atoms with Crippen molar-refractivity contribution in [1.29, 1.82) is 5.26 Å². The first-order valence-corrected chi connectivity index (χ1v) is 8.69. The smallest absolute Gasteiger partial charge is 0.335 e. The highest BCUT2D eigenvalue weighted by Crippen LogP contribution is 2.38. The van der Waals surface area contributed by atoms with Crippen molar-refractivity contribution >= 4 is 17.6 Å². The topological polar surface area (TPSA) is 91.0 Å². The lowest BCUT2D eigenvalue weighted by atomic mass is 9.85. The van der Waals surface area contributed by atoms with Crippen molar-refractivity contribution in [2.75, 3.05) is 12.4 Å². The third-order valence-electron chi connectivity index (χ3n) is 4.88. The number of likely N-dealkylation sites (N-methyl/N-ethyl adjacent to an activating group) is 1. The van der Waals surface area contributed by atoms with E-state index in [0.717, 1.165) is 5.69 Å². The van der Waals surface area contributed by atoms with E-state index >= 15 is 0 Å². The van der Waals surface area contributed by atoms with E-state index in [1.54, 1.807) is 17.7 Å². The second-order valence-corrected chi connectivity index (χ2v) is 6.72. The number of hydrogen-bond donors (Lipinski definition) is 1. The minimum atomic E-state index is -4.22. The number of amides is 2. The maximum atomic E-state index is 12.7. The van der Waals surface area contributed by atoms with E-state index in [9.17, 15) is 22.8 Å². The largest absolute Gasteiger partial charge is 0.391 e. The van der Waals surface area contributed by atoms with Gasteiger partial charge in [-0.15, -0.1) is 0 Å². The highest BCUT2D eigenvalue weighted by molar-refractivity contribution is 6.39. The predicted molar refractivity (Wildman–Crippen MR) is 90.4 cm³/mol. The van der Waals surface area contributed by atoms with E-state index in [1.165, 1.54) is 11.9 Å². The fourth-order valence-electron chi connectivity index (χ4n) is 3.24. The number of anilines is 1. The van der Waals surface area contributed by atoms with Crippen LogP contribution in [0.4, 0.5) is 19.0 Å². The maximum Gasteiger partial charge on any atom is 0.391 e. The number of aryl methyl sites for hydroxylation is 2. The number of rotatable bonds is 4. The molecular formula is C17H22F3N5O2. The lowest BCUT2D eigenvalue weighted by Crippen LogP contribution is -2.45. The quantitative estimate of drug-likeness (QED) is 0.807. The van der Waals surface area contributed by atoms with Crippen LogP contribution in [-0.4, -0.2) is 45.8 Å². The van der Waals surface area contributed by atoms with Gasteiger partial charge in [0.15, 0.2) is 5.82 Å². The zero-order chi connectivity index (χ0) is 20.2. The van der Waals surface area contributed by atoms with Gasteiger partial charge in [-0.05, 0) is 32.6 Å². The van der Waals surface area contributed by atoms with E-state index in [2.05, 4.69) is 10.4 Å². The van der Waals surface area contributed by atoms with E-state index in [-0.39, 0.29) is 37.9 Å². The summed E-state index contributed by atoms with van der Waals surface area (Å²) >= 11 is 0. The summed E-state index contributed by atoms with van der Waals surface area (Å²) in [6.45, 7) is 2.13. The van der Waals surface area contributed by atoms with Gasteiger partial charge in [0.2, 0.25) is 0 Å². The molecular weight excluding hydrogens is 363 g/mol. The van der Waals surface area contributed by atoms with E-state index in [0.29, 0.717) is 6.54 Å². The summed E-state index contributed by atoms with van der Waals surface area (Å²) in [5, 5.41) is 15.1. The monoisotopic (exact) mass is 385 g/mol. The first-order valence-electron chi connectivity index (χ1n) is 8.69. The second kappa shape index (κ2) is 8.41. The van der Waals surface area contributed by atoms with Crippen molar-refractivity contribution in [2.45, 2.75) is 57.8 Å². The molecule has 27 heavy (non-hydrogen) atoms. The van der Waals surface area contributed by atoms with Crippen molar-refractivity contribution in [3.63, 3.8) is 0 Å². The van der Waals surface area contributed by atoms with Crippen molar-refractivity contribution in [3.8, 4) is 6.07 Å². The molecule has 1 aromatic rings. The van der Waals surface area contributed by atoms with Crippen LogP contribution in [-0.2, 0) is 16.1 Å². The van der Waals surface area contributed by atoms with Gasteiger partial charge in [0, 0.05) is 24.8 Å². The summed E-state index contributed by atoms with van der Waals surface area (Å²) < 4.78 is 39.8. The molecule has 0 radical (unpaired) electrons. The van der Waals surface area contributed by atoms with Gasteiger partial charge in [0.1, 0.15) is 0 Å². The first kappa shape index (κ1) is 20.7. The number of carbonyl (C=O) groups excluding carboxylic acids is 2. The molecule has 0 aromatic carbocycles. The fraction of sp³-hybridized carbons (Fsp3) is 0.647. The van der Waals surface area contributed by atoms with E-state index in [1.807, 2.05) is 6.07 Å².